The number of benzene rings is 1. The number of halogens is 3. The summed E-state index contributed by atoms with van der Waals surface area (Å²) >= 11 is 0. The van der Waals surface area contributed by atoms with E-state index in [-0.39, 0.29) is 5.56 Å². The van der Waals surface area contributed by atoms with Gasteiger partial charge in [-0.3, -0.25) is 14.9 Å². The number of carbonyl (C=O) groups excluding carboxylic acids is 1. The lowest BCUT2D eigenvalue weighted by Gasteiger charge is -2.13. The van der Waals surface area contributed by atoms with Gasteiger partial charge in [-0.1, -0.05) is 6.07 Å². The van der Waals surface area contributed by atoms with Crippen molar-refractivity contribution in [2.24, 2.45) is 0 Å². The van der Waals surface area contributed by atoms with Gasteiger partial charge in [0, 0.05) is 6.07 Å². The van der Waals surface area contributed by atoms with Gasteiger partial charge >= 0.3 is 12.1 Å². The van der Waals surface area contributed by atoms with Crippen LogP contribution in [0, 0.1) is 10.1 Å². The minimum Gasteiger partial charge on any atom is -0.469 e. The largest absolute Gasteiger partial charge is 0.469 e. The highest BCUT2D eigenvalue weighted by molar-refractivity contribution is 5.77. The molecule has 8 heteroatoms. The molecule has 0 bridgehead atoms. The molecule has 1 aromatic carbocycles. The van der Waals surface area contributed by atoms with E-state index in [9.17, 15) is 28.1 Å². The number of esters is 1. The number of nitrogens with zero attached hydrogens (tertiary/aromatic N) is 1. The predicted molar refractivity (Wildman–Crippen MR) is 58.5 cm³/mol. The molecule has 19 heavy (non-hydrogen) atoms. The molecule has 104 valence electrons. The molecule has 0 fully saturated rings. The summed E-state index contributed by atoms with van der Waals surface area (Å²) in [5.41, 5.74) is -2.43. The molecule has 0 spiro atoms. The van der Waals surface area contributed by atoms with Gasteiger partial charge in [-0.25, -0.2) is 0 Å². The summed E-state index contributed by atoms with van der Waals surface area (Å²) in [7, 11) is 1.11. The fourth-order valence-electron chi connectivity index (χ4n) is 1.52. The molecule has 0 heterocycles. The number of methoxy groups -OCH3 is 1. The van der Waals surface area contributed by atoms with Crippen molar-refractivity contribution in [3.05, 3.63) is 39.4 Å². The van der Waals surface area contributed by atoms with E-state index in [1.54, 1.807) is 0 Å². The highest BCUT2D eigenvalue weighted by Crippen LogP contribution is 2.37. The number of alkyl halides is 3. The van der Waals surface area contributed by atoms with Gasteiger partial charge in [0.1, 0.15) is 5.56 Å². The van der Waals surface area contributed by atoms with Crippen LogP contribution >= 0.6 is 0 Å². The van der Waals surface area contributed by atoms with Gasteiger partial charge in [-0.15, -0.1) is 0 Å². The monoisotopic (exact) mass is 277 g/mol. The van der Waals surface area contributed by atoms with Crippen LogP contribution < -0.4 is 0 Å². The molecule has 1 aromatic rings. The Morgan fingerprint density at radius 3 is 2.42 bits per heavy atom. The molecule has 1 atom stereocenters. The first-order valence-electron chi connectivity index (χ1n) is 5.11. The zero-order valence-corrected chi connectivity index (χ0v) is 10.0. The lowest BCUT2D eigenvalue weighted by molar-refractivity contribution is -0.388. The first-order chi connectivity index (χ1) is 8.68. The normalized spacial score (nSPS) is 12.9. The van der Waals surface area contributed by atoms with E-state index in [1.165, 1.54) is 6.92 Å². The van der Waals surface area contributed by atoms with Gasteiger partial charge in [-0.05, 0) is 18.6 Å². The van der Waals surface area contributed by atoms with Crippen LogP contribution in [0.2, 0.25) is 0 Å². The van der Waals surface area contributed by atoms with Crippen LogP contribution in [0.25, 0.3) is 0 Å². The molecule has 0 saturated heterocycles. The van der Waals surface area contributed by atoms with Gasteiger partial charge in [0.2, 0.25) is 0 Å². The Kier molecular flexibility index (Phi) is 4.13. The maximum atomic E-state index is 12.7. The summed E-state index contributed by atoms with van der Waals surface area (Å²) in [5, 5.41) is 10.6. The highest BCUT2D eigenvalue weighted by Gasteiger charge is 2.39. The number of nitro groups is 1. The molecule has 0 aliphatic heterocycles. The van der Waals surface area contributed by atoms with Crippen molar-refractivity contribution in [3.8, 4) is 0 Å². The Labute approximate surface area is 106 Å². The van der Waals surface area contributed by atoms with Crippen LogP contribution in [0.5, 0.6) is 0 Å². The Bertz CT molecular complexity index is 513. The summed E-state index contributed by atoms with van der Waals surface area (Å²) in [4.78, 5) is 20.7. The summed E-state index contributed by atoms with van der Waals surface area (Å²) < 4.78 is 42.6. The van der Waals surface area contributed by atoms with Gasteiger partial charge in [0.05, 0.1) is 18.0 Å². The van der Waals surface area contributed by atoms with Crippen LogP contribution in [0.15, 0.2) is 18.2 Å². The van der Waals surface area contributed by atoms with E-state index in [4.69, 9.17) is 0 Å². The van der Waals surface area contributed by atoms with Crippen molar-refractivity contribution in [1.29, 1.82) is 0 Å². The van der Waals surface area contributed by atoms with Gasteiger partial charge in [-0.2, -0.15) is 13.2 Å². The van der Waals surface area contributed by atoms with Gasteiger partial charge in [0.15, 0.2) is 0 Å². The molecule has 0 saturated carbocycles. The summed E-state index contributed by atoms with van der Waals surface area (Å²) in [6, 6.07) is 2.44. The SMILES string of the molecule is COC(=O)[C@@H](C)c1ccc([N+](=O)[O-])c(C(F)(F)F)c1. The maximum Gasteiger partial charge on any atom is 0.423 e. The van der Waals surface area contributed by atoms with E-state index in [2.05, 4.69) is 4.74 Å². The molecule has 0 N–H and O–H groups in total. The molecule has 5 nitrogen and oxygen atoms in total. The second-order valence-electron chi connectivity index (χ2n) is 3.78. The summed E-state index contributed by atoms with van der Waals surface area (Å²) in [5.74, 6) is -1.66. The van der Waals surface area contributed by atoms with E-state index >= 15 is 0 Å². The summed E-state index contributed by atoms with van der Waals surface area (Å²) in [6.45, 7) is 1.35. The zero-order chi connectivity index (χ0) is 14.8. The molecule has 0 radical (unpaired) electrons. The van der Waals surface area contributed by atoms with E-state index in [1.807, 2.05) is 0 Å². The second-order valence-corrected chi connectivity index (χ2v) is 3.78. The fourth-order valence-corrected chi connectivity index (χ4v) is 1.52. The minimum atomic E-state index is -4.87. The van der Waals surface area contributed by atoms with Crippen LogP contribution in [0.4, 0.5) is 18.9 Å². The third kappa shape index (κ3) is 3.21. The van der Waals surface area contributed by atoms with E-state index < -0.39 is 34.2 Å². The Morgan fingerprint density at radius 1 is 1.42 bits per heavy atom. The number of hydrogen-bond acceptors (Lipinski definition) is 4. The number of rotatable bonds is 3. The average molecular weight is 277 g/mol. The van der Waals surface area contributed by atoms with Crippen molar-refractivity contribution in [2.45, 2.75) is 19.0 Å². The van der Waals surface area contributed by atoms with Crippen LogP contribution in [-0.4, -0.2) is 18.0 Å². The predicted octanol–water partition coefficient (Wildman–Crippen LogP) is 2.89. The maximum absolute atomic E-state index is 12.7. The van der Waals surface area contributed by atoms with Gasteiger partial charge in [0.25, 0.3) is 5.69 Å². The van der Waals surface area contributed by atoms with Crippen molar-refractivity contribution in [3.63, 3.8) is 0 Å². The smallest absolute Gasteiger partial charge is 0.423 e. The van der Waals surface area contributed by atoms with Crippen LogP contribution in [0.3, 0.4) is 0 Å². The Morgan fingerprint density at radius 2 is 2.00 bits per heavy atom. The first-order valence-corrected chi connectivity index (χ1v) is 5.11. The van der Waals surface area contributed by atoms with E-state index in [0.29, 0.717) is 6.07 Å². The molecule has 0 unspecified atom stereocenters. The second kappa shape index (κ2) is 5.25. The van der Waals surface area contributed by atoms with Crippen LogP contribution in [0.1, 0.15) is 24.0 Å². The van der Waals surface area contributed by atoms with Crippen LogP contribution in [-0.2, 0) is 15.7 Å². The number of ether oxygens (including phenoxy) is 1. The van der Waals surface area contributed by atoms with Crippen molar-refractivity contribution >= 4 is 11.7 Å². The number of carbonyl (C=O) groups is 1. The Hall–Kier alpha value is -2.12. The number of nitro benzene ring substituents is 1. The Balaban J connectivity index is 3.34. The third-order valence-corrected chi connectivity index (χ3v) is 2.58. The molecular weight excluding hydrogens is 267 g/mol. The molecule has 1 rings (SSSR count). The standard InChI is InChI=1S/C11H10F3NO4/c1-6(10(16)19-2)7-3-4-9(15(17)18)8(5-7)11(12,13)14/h3-6H,1-2H3/t6-/m0/s1. The van der Waals surface area contributed by atoms with E-state index in [0.717, 1.165) is 19.2 Å². The summed E-state index contributed by atoms with van der Waals surface area (Å²) in [6.07, 6.45) is -4.87. The number of hydrogen-bond donors (Lipinski definition) is 0. The minimum absolute atomic E-state index is 0.00442. The fraction of sp³-hybridized carbons (Fsp3) is 0.364. The van der Waals surface area contributed by atoms with Gasteiger partial charge < -0.3 is 4.74 Å². The first kappa shape index (κ1) is 14.9. The molecule has 0 aromatic heterocycles. The quantitative estimate of drug-likeness (QED) is 0.484. The van der Waals surface area contributed by atoms with Crippen molar-refractivity contribution in [2.75, 3.05) is 7.11 Å². The topological polar surface area (TPSA) is 69.4 Å². The average Bonchev–Trinajstić information content (AvgIpc) is 2.35. The highest BCUT2D eigenvalue weighted by atomic mass is 19.4. The zero-order valence-electron chi connectivity index (χ0n) is 10.0. The van der Waals surface area contributed by atoms with Crippen molar-refractivity contribution in [1.82, 2.24) is 0 Å². The van der Waals surface area contributed by atoms with Crippen molar-refractivity contribution < 1.29 is 27.6 Å². The molecular formula is C11H10F3NO4. The lowest BCUT2D eigenvalue weighted by atomic mass is 9.98. The molecule has 0 amide bonds. The lowest BCUT2D eigenvalue weighted by Crippen LogP contribution is -2.14. The molecule has 0 aliphatic rings. The third-order valence-electron chi connectivity index (χ3n) is 2.58. The molecule has 0 aliphatic carbocycles.